The van der Waals surface area contributed by atoms with Crippen LogP contribution in [0.4, 0.5) is 0 Å². The molecule has 0 fully saturated rings. The summed E-state index contributed by atoms with van der Waals surface area (Å²) >= 11 is 5.96. The number of carbonyl (C=O) groups is 1. The van der Waals surface area contributed by atoms with Crippen LogP contribution < -0.4 is 10.1 Å². The van der Waals surface area contributed by atoms with Gasteiger partial charge in [-0.2, -0.15) is 0 Å². The second kappa shape index (κ2) is 7.24. The van der Waals surface area contributed by atoms with Crippen molar-refractivity contribution in [3.8, 4) is 5.75 Å². The van der Waals surface area contributed by atoms with Crippen molar-refractivity contribution in [2.24, 2.45) is 0 Å². The summed E-state index contributed by atoms with van der Waals surface area (Å²) in [5.74, 6) is 0.323. The molecule has 0 aromatic heterocycles. The van der Waals surface area contributed by atoms with E-state index in [9.17, 15) is 4.79 Å². The van der Waals surface area contributed by atoms with E-state index < -0.39 is 0 Å². The van der Waals surface area contributed by atoms with E-state index in [-0.39, 0.29) is 18.6 Å². The molecule has 1 rings (SSSR count). The molecule has 0 aliphatic heterocycles. The quantitative estimate of drug-likeness (QED) is 0.863. The standard InChI is InChI=1S/C13H18ClNO3/c1-9-4-5-11(14)12(6-9)18-8-13(16)15-10(2)7-17-3/h4-6,10H,7-8H2,1-3H3,(H,15,16). The van der Waals surface area contributed by atoms with Gasteiger partial charge in [-0.25, -0.2) is 0 Å². The minimum Gasteiger partial charge on any atom is -0.482 e. The molecule has 1 unspecified atom stereocenters. The van der Waals surface area contributed by atoms with Crippen molar-refractivity contribution in [3.05, 3.63) is 28.8 Å². The van der Waals surface area contributed by atoms with Gasteiger partial charge in [-0.3, -0.25) is 4.79 Å². The predicted molar refractivity (Wildman–Crippen MR) is 71.2 cm³/mol. The number of halogens is 1. The van der Waals surface area contributed by atoms with Gasteiger partial charge in [-0.1, -0.05) is 17.7 Å². The van der Waals surface area contributed by atoms with E-state index in [1.54, 1.807) is 19.2 Å². The van der Waals surface area contributed by atoms with Gasteiger partial charge in [0.1, 0.15) is 5.75 Å². The zero-order chi connectivity index (χ0) is 13.5. The largest absolute Gasteiger partial charge is 0.482 e. The lowest BCUT2D eigenvalue weighted by Crippen LogP contribution is -2.38. The number of benzene rings is 1. The molecule has 1 amide bonds. The van der Waals surface area contributed by atoms with E-state index in [1.165, 1.54) is 0 Å². The Bertz CT molecular complexity index is 409. The van der Waals surface area contributed by atoms with Gasteiger partial charge >= 0.3 is 0 Å². The molecule has 0 saturated carbocycles. The van der Waals surface area contributed by atoms with Crippen LogP contribution in [0, 0.1) is 6.92 Å². The van der Waals surface area contributed by atoms with Gasteiger partial charge in [-0.05, 0) is 31.5 Å². The minimum atomic E-state index is -0.197. The van der Waals surface area contributed by atoms with Crippen LogP contribution in [0.1, 0.15) is 12.5 Å². The monoisotopic (exact) mass is 271 g/mol. The Balaban J connectivity index is 2.45. The van der Waals surface area contributed by atoms with Crippen LogP contribution in [0.5, 0.6) is 5.75 Å². The van der Waals surface area contributed by atoms with Crippen LogP contribution in [-0.2, 0) is 9.53 Å². The number of nitrogens with one attached hydrogen (secondary N) is 1. The summed E-state index contributed by atoms with van der Waals surface area (Å²) in [7, 11) is 1.59. The molecule has 1 N–H and O–H groups in total. The van der Waals surface area contributed by atoms with E-state index in [2.05, 4.69) is 5.32 Å². The Morgan fingerprint density at radius 2 is 2.22 bits per heavy atom. The summed E-state index contributed by atoms with van der Waals surface area (Å²) in [6.07, 6.45) is 0. The zero-order valence-electron chi connectivity index (χ0n) is 10.8. The number of amides is 1. The van der Waals surface area contributed by atoms with Crippen molar-refractivity contribution in [1.82, 2.24) is 5.32 Å². The third kappa shape index (κ3) is 4.94. The Kier molecular flexibility index (Phi) is 5.95. The number of hydrogen-bond acceptors (Lipinski definition) is 3. The van der Waals surface area contributed by atoms with Gasteiger partial charge in [0.05, 0.1) is 11.6 Å². The molecule has 0 heterocycles. The van der Waals surface area contributed by atoms with E-state index in [1.807, 2.05) is 19.9 Å². The summed E-state index contributed by atoms with van der Waals surface area (Å²) in [5.41, 5.74) is 1.03. The molecule has 5 heteroatoms. The second-order valence-electron chi connectivity index (χ2n) is 4.15. The second-order valence-corrected chi connectivity index (χ2v) is 4.55. The molecule has 0 bridgehead atoms. The van der Waals surface area contributed by atoms with Gasteiger partial charge < -0.3 is 14.8 Å². The van der Waals surface area contributed by atoms with Crippen molar-refractivity contribution < 1.29 is 14.3 Å². The molecule has 1 aromatic rings. The maximum atomic E-state index is 11.6. The maximum absolute atomic E-state index is 11.6. The lowest BCUT2D eigenvalue weighted by molar-refractivity contribution is -0.124. The zero-order valence-corrected chi connectivity index (χ0v) is 11.6. The Labute approximate surface area is 112 Å². The summed E-state index contributed by atoms with van der Waals surface area (Å²) in [6, 6.07) is 5.39. The van der Waals surface area contributed by atoms with E-state index in [0.29, 0.717) is 17.4 Å². The van der Waals surface area contributed by atoms with Crippen molar-refractivity contribution in [3.63, 3.8) is 0 Å². The molecular weight excluding hydrogens is 254 g/mol. The average Bonchev–Trinajstić information content (AvgIpc) is 2.30. The van der Waals surface area contributed by atoms with Gasteiger partial charge in [-0.15, -0.1) is 0 Å². The number of methoxy groups -OCH3 is 1. The Hall–Kier alpha value is -1.26. The summed E-state index contributed by atoms with van der Waals surface area (Å²) in [4.78, 5) is 11.6. The molecule has 1 aromatic carbocycles. The topological polar surface area (TPSA) is 47.6 Å². The SMILES string of the molecule is COCC(C)NC(=O)COc1cc(C)ccc1Cl. The van der Waals surface area contributed by atoms with Crippen molar-refractivity contribution in [2.75, 3.05) is 20.3 Å². The molecular formula is C13H18ClNO3. The van der Waals surface area contributed by atoms with Crippen LogP contribution in [0.25, 0.3) is 0 Å². The molecule has 100 valence electrons. The molecule has 18 heavy (non-hydrogen) atoms. The number of ether oxygens (including phenoxy) is 2. The Morgan fingerprint density at radius 3 is 2.89 bits per heavy atom. The van der Waals surface area contributed by atoms with Crippen LogP contribution in [0.2, 0.25) is 5.02 Å². The molecule has 0 saturated heterocycles. The van der Waals surface area contributed by atoms with Gasteiger partial charge in [0.25, 0.3) is 5.91 Å². The van der Waals surface area contributed by atoms with E-state index >= 15 is 0 Å². The predicted octanol–water partition coefficient (Wildman–Crippen LogP) is 2.18. The van der Waals surface area contributed by atoms with Gasteiger partial charge in [0.2, 0.25) is 0 Å². The molecule has 1 atom stereocenters. The highest BCUT2D eigenvalue weighted by molar-refractivity contribution is 6.32. The molecule has 4 nitrogen and oxygen atoms in total. The first-order chi connectivity index (χ1) is 8.52. The van der Waals surface area contributed by atoms with Crippen molar-refractivity contribution in [2.45, 2.75) is 19.9 Å². The van der Waals surface area contributed by atoms with E-state index in [4.69, 9.17) is 21.1 Å². The number of carbonyl (C=O) groups excluding carboxylic acids is 1. The number of aryl methyl sites for hydroxylation is 1. The first kappa shape index (κ1) is 14.8. The highest BCUT2D eigenvalue weighted by Gasteiger charge is 2.09. The molecule has 0 aliphatic rings. The van der Waals surface area contributed by atoms with Crippen molar-refractivity contribution in [1.29, 1.82) is 0 Å². The minimum absolute atomic E-state index is 0.0425. The highest BCUT2D eigenvalue weighted by atomic mass is 35.5. The van der Waals surface area contributed by atoms with Crippen LogP contribution >= 0.6 is 11.6 Å². The highest BCUT2D eigenvalue weighted by Crippen LogP contribution is 2.24. The van der Waals surface area contributed by atoms with Gasteiger partial charge in [0, 0.05) is 13.2 Å². The summed E-state index contributed by atoms with van der Waals surface area (Å²) in [6.45, 7) is 4.21. The number of hydrogen-bond donors (Lipinski definition) is 1. The maximum Gasteiger partial charge on any atom is 0.258 e. The number of rotatable bonds is 6. The third-order valence-corrected chi connectivity index (χ3v) is 2.58. The fourth-order valence-electron chi connectivity index (χ4n) is 1.47. The summed E-state index contributed by atoms with van der Waals surface area (Å²) in [5, 5.41) is 3.25. The fourth-order valence-corrected chi connectivity index (χ4v) is 1.64. The third-order valence-electron chi connectivity index (χ3n) is 2.27. The van der Waals surface area contributed by atoms with Gasteiger partial charge in [0.15, 0.2) is 6.61 Å². The van der Waals surface area contributed by atoms with E-state index in [0.717, 1.165) is 5.56 Å². The van der Waals surface area contributed by atoms with Crippen LogP contribution in [0.3, 0.4) is 0 Å². The fraction of sp³-hybridized carbons (Fsp3) is 0.462. The lowest BCUT2D eigenvalue weighted by atomic mass is 10.2. The smallest absolute Gasteiger partial charge is 0.258 e. The normalized spacial score (nSPS) is 12.0. The van der Waals surface area contributed by atoms with Crippen LogP contribution in [-0.4, -0.2) is 32.3 Å². The average molecular weight is 272 g/mol. The molecule has 0 radical (unpaired) electrons. The first-order valence-electron chi connectivity index (χ1n) is 5.70. The molecule has 0 aliphatic carbocycles. The Morgan fingerprint density at radius 1 is 1.50 bits per heavy atom. The first-order valence-corrected chi connectivity index (χ1v) is 6.08. The molecule has 0 spiro atoms. The summed E-state index contributed by atoms with van der Waals surface area (Å²) < 4.78 is 10.3. The lowest BCUT2D eigenvalue weighted by Gasteiger charge is -2.13. The van der Waals surface area contributed by atoms with Crippen molar-refractivity contribution >= 4 is 17.5 Å². The van der Waals surface area contributed by atoms with Crippen LogP contribution in [0.15, 0.2) is 18.2 Å².